The van der Waals surface area contributed by atoms with E-state index in [1.54, 1.807) is 0 Å². The number of fused-ring (bicyclic) bond motifs is 1. The van der Waals surface area contributed by atoms with E-state index < -0.39 is 0 Å². The fourth-order valence-corrected chi connectivity index (χ4v) is 2.79. The highest BCUT2D eigenvalue weighted by atomic mass is 127. The molecule has 124 valence electrons. The van der Waals surface area contributed by atoms with Crippen molar-refractivity contribution in [2.75, 3.05) is 38.5 Å². The minimum absolute atomic E-state index is 0. The maximum absolute atomic E-state index is 4.61. The third-order valence-corrected chi connectivity index (χ3v) is 3.93. The summed E-state index contributed by atoms with van der Waals surface area (Å²) in [7, 11) is 1.85. The molecule has 0 spiro atoms. The molecule has 1 aromatic carbocycles. The zero-order chi connectivity index (χ0) is 15.2. The summed E-state index contributed by atoms with van der Waals surface area (Å²) in [5, 5.41) is 7.93. The molecule has 5 nitrogen and oxygen atoms in total. The molecule has 0 atom stereocenters. The highest BCUT2D eigenvalue weighted by Crippen LogP contribution is 2.14. The summed E-state index contributed by atoms with van der Waals surface area (Å²) in [6.45, 7) is 3.87. The summed E-state index contributed by atoms with van der Waals surface area (Å²) in [6, 6.07) is 12.3. The van der Waals surface area contributed by atoms with Gasteiger partial charge in [0.1, 0.15) is 5.82 Å². The lowest BCUT2D eigenvalue weighted by molar-refractivity contribution is 0.495. The van der Waals surface area contributed by atoms with Crippen molar-refractivity contribution in [3.63, 3.8) is 0 Å². The number of hydrogen-bond donors (Lipinski definition) is 2. The molecule has 1 saturated heterocycles. The number of benzene rings is 1. The van der Waals surface area contributed by atoms with Gasteiger partial charge >= 0.3 is 0 Å². The van der Waals surface area contributed by atoms with E-state index in [4.69, 9.17) is 0 Å². The molecule has 0 radical (unpaired) electrons. The minimum atomic E-state index is 0. The molecule has 1 aliphatic rings. The lowest BCUT2D eigenvalue weighted by Gasteiger charge is -2.20. The largest absolute Gasteiger partial charge is 0.368 e. The molecule has 1 aliphatic heterocycles. The molecule has 0 aliphatic carbocycles. The molecule has 0 bridgehead atoms. The highest BCUT2D eigenvalue weighted by molar-refractivity contribution is 14.0. The second-order valence-corrected chi connectivity index (χ2v) is 5.48. The zero-order valence-electron chi connectivity index (χ0n) is 13.5. The van der Waals surface area contributed by atoms with E-state index in [9.17, 15) is 0 Å². The predicted molar refractivity (Wildman–Crippen MR) is 108 cm³/mol. The van der Waals surface area contributed by atoms with Crippen molar-refractivity contribution in [3.05, 3.63) is 36.4 Å². The van der Waals surface area contributed by atoms with Crippen molar-refractivity contribution in [3.8, 4) is 0 Å². The summed E-state index contributed by atoms with van der Waals surface area (Å²) in [6.07, 6.45) is 2.53. The van der Waals surface area contributed by atoms with Crippen molar-refractivity contribution >= 4 is 46.7 Å². The monoisotopic (exact) mass is 425 g/mol. The van der Waals surface area contributed by atoms with Gasteiger partial charge in [-0.25, -0.2) is 4.98 Å². The summed E-state index contributed by atoms with van der Waals surface area (Å²) in [5.74, 6) is 1.92. The van der Waals surface area contributed by atoms with E-state index in [0.717, 1.165) is 43.5 Å². The van der Waals surface area contributed by atoms with Gasteiger partial charge in [-0.2, -0.15) is 0 Å². The van der Waals surface area contributed by atoms with Crippen molar-refractivity contribution in [1.82, 2.24) is 15.2 Å². The Kier molecular flexibility index (Phi) is 6.88. The van der Waals surface area contributed by atoms with Crippen molar-refractivity contribution in [2.45, 2.75) is 12.8 Å². The number of nitrogens with one attached hydrogen (secondary N) is 2. The third-order valence-electron chi connectivity index (χ3n) is 3.93. The zero-order valence-corrected chi connectivity index (χ0v) is 15.8. The van der Waals surface area contributed by atoms with E-state index in [0.29, 0.717) is 0 Å². The number of rotatable bonds is 4. The number of anilines is 1. The molecule has 0 amide bonds. The lowest BCUT2D eigenvalue weighted by Crippen LogP contribution is -2.41. The van der Waals surface area contributed by atoms with Crippen molar-refractivity contribution in [2.24, 2.45) is 4.99 Å². The summed E-state index contributed by atoms with van der Waals surface area (Å²) >= 11 is 0. The molecule has 1 aromatic heterocycles. The summed E-state index contributed by atoms with van der Waals surface area (Å²) in [5.41, 5.74) is 1.02. The van der Waals surface area contributed by atoms with E-state index in [-0.39, 0.29) is 24.0 Å². The first-order chi connectivity index (χ1) is 10.9. The average molecular weight is 425 g/mol. The molecule has 23 heavy (non-hydrogen) atoms. The number of aliphatic imine (C=N–C) groups is 1. The standard InChI is InChI=1S/C17H23N5.HI/c1-18-17(22-12-4-5-13-22)20-11-10-19-16-9-8-14-6-2-3-7-15(14)21-16;/h2-3,6-9H,4-5,10-13H2,1H3,(H,18,20)(H,19,21);1H. The van der Waals surface area contributed by atoms with E-state index in [2.05, 4.69) is 37.6 Å². The Bertz CT molecular complexity index is 652. The van der Waals surface area contributed by atoms with Gasteiger partial charge in [0.25, 0.3) is 0 Å². The quantitative estimate of drug-likeness (QED) is 0.343. The van der Waals surface area contributed by atoms with Crippen LogP contribution in [-0.4, -0.2) is 49.1 Å². The van der Waals surface area contributed by atoms with Gasteiger partial charge in [-0.3, -0.25) is 4.99 Å². The second-order valence-electron chi connectivity index (χ2n) is 5.48. The van der Waals surface area contributed by atoms with Gasteiger partial charge in [0.05, 0.1) is 5.52 Å². The Balaban J connectivity index is 0.00000192. The van der Waals surface area contributed by atoms with Crippen molar-refractivity contribution < 1.29 is 0 Å². The molecule has 6 heteroatoms. The van der Waals surface area contributed by atoms with Gasteiger partial charge in [-0.15, -0.1) is 24.0 Å². The Hall–Kier alpha value is -1.57. The fraction of sp³-hybridized carbons (Fsp3) is 0.412. The van der Waals surface area contributed by atoms with Crippen LogP contribution in [0.5, 0.6) is 0 Å². The van der Waals surface area contributed by atoms with Gasteiger partial charge in [-0.05, 0) is 31.0 Å². The second kappa shape index (κ2) is 8.90. The number of guanidine groups is 1. The van der Waals surface area contributed by atoms with Gasteiger partial charge in [0.2, 0.25) is 0 Å². The van der Waals surface area contributed by atoms with Gasteiger partial charge in [0, 0.05) is 38.6 Å². The maximum Gasteiger partial charge on any atom is 0.193 e. The number of aromatic nitrogens is 1. The molecular weight excluding hydrogens is 401 g/mol. The van der Waals surface area contributed by atoms with Crippen LogP contribution in [-0.2, 0) is 0 Å². The third kappa shape index (κ3) is 4.70. The van der Waals surface area contributed by atoms with Crippen LogP contribution in [0.25, 0.3) is 10.9 Å². The van der Waals surface area contributed by atoms with Crippen molar-refractivity contribution in [1.29, 1.82) is 0 Å². The Morgan fingerprint density at radius 1 is 1.13 bits per heavy atom. The van der Waals surface area contributed by atoms with E-state index in [1.165, 1.54) is 18.2 Å². The number of para-hydroxylation sites is 1. The van der Waals surface area contributed by atoms with Gasteiger partial charge in [0.15, 0.2) is 5.96 Å². The van der Waals surface area contributed by atoms with Gasteiger partial charge in [-0.1, -0.05) is 18.2 Å². The lowest BCUT2D eigenvalue weighted by atomic mass is 10.2. The average Bonchev–Trinajstić information content (AvgIpc) is 3.09. The summed E-state index contributed by atoms with van der Waals surface area (Å²) < 4.78 is 0. The van der Waals surface area contributed by atoms with Crippen LogP contribution in [0.1, 0.15) is 12.8 Å². The summed E-state index contributed by atoms with van der Waals surface area (Å²) in [4.78, 5) is 11.3. The van der Waals surface area contributed by atoms with Crippen LogP contribution >= 0.6 is 24.0 Å². The van der Waals surface area contributed by atoms with Crippen LogP contribution in [0.2, 0.25) is 0 Å². The normalized spacial score (nSPS) is 14.7. The van der Waals surface area contributed by atoms with Crippen LogP contribution in [0, 0.1) is 0 Å². The van der Waals surface area contributed by atoms with Crippen LogP contribution in [0.4, 0.5) is 5.82 Å². The minimum Gasteiger partial charge on any atom is -0.368 e. The molecule has 0 saturated carbocycles. The van der Waals surface area contributed by atoms with E-state index >= 15 is 0 Å². The Labute approximate surface area is 154 Å². The first kappa shape index (κ1) is 17.8. The number of hydrogen-bond acceptors (Lipinski definition) is 3. The number of halogens is 1. The molecule has 2 N–H and O–H groups in total. The topological polar surface area (TPSA) is 52.6 Å². The highest BCUT2D eigenvalue weighted by Gasteiger charge is 2.14. The molecule has 1 fully saturated rings. The molecular formula is C17H24IN5. The molecule has 2 heterocycles. The molecule has 3 rings (SSSR count). The first-order valence-corrected chi connectivity index (χ1v) is 7.92. The fourth-order valence-electron chi connectivity index (χ4n) is 2.79. The maximum atomic E-state index is 4.61. The first-order valence-electron chi connectivity index (χ1n) is 7.92. The molecule has 2 aromatic rings. The molecule has 0 unspecified atom stereocenters. The van der Waals surface area contributed by atoms with Crippen LogP contribution < -0.4 is 10.6 Å². The number of pyridine rings is 1. The Morgan fingerprint density at radius 2 is 1.91 bits per heavy atom. The Morgan fingerprint density at radius 3 is 2.70 bits per heavy atom. The predicted octanol–water partition coefficient (Wildman–Crippen LogP) is 2.94. The van der Waals surface area contributed by atoms with Gasteiger partial charge < -0.3 is 15.5 Å². The number of likely N-dealkylation sites (tertiary alicyclic amines) is 1. The van der Waals surface area contributed by atoms with Crippen LogP contribution in [0.15, 0.2) is 41.4 Å². The van der Waals surface area contributed by atoms with Crippen LogP contribution in [0.3, 0.4) is 0 Å². The van der Waals surface area contributed by atoms with E-state index in [1.807, 2.05) is 31.3 Å². The SMILES string of the molecule is CN=C(NCCNc1ccc2ccccc2n1)N1CCCC1.I. The number of nitrogens with zero attached hydrogens (tertiary/aromatic N) is 3. The smallest absolute Gasteiger partial charge is 0.193 e.